The molecule has 0 fully saturated rings. The first-order chi connectivity index (χ1) is 9.88. The van der Waals surface area contributed by atoms with Crippen LogP contribution in [0.25, 0.3) is 0 Å². The second-order valence-electron chi connectivity index (χ2n) is 4.00. The zero-order chi connectivity index (χ0) is 16.0. The first kappa shape index (κ1) is 16.9. The van der Waals surface area contributed by atoms with Gasteiger partial charge in [0, 0.05) is 25.6 Å². The van der Waals surface area contributed by atoms with Crippen molar-refractivity contribution in [2.24, 2.45) is 0 Å². The molecule has 21 heavy (non-hydrogen) atoms. The van der Waals surface area contributed by atoms with E-state index < -0.39 is 14.9 Å². The van der Waals surface area contributed by atoms with Crippen LogP contribution >= 0.6 is 0 Å². The third-order valence-electron chi connectivity index (χ3n) is 2.80. The highest BCUT2D eigenvalue weighted by molar-refractivity contribution is 7.89. The van der Waals surface area contributed by atoms with Crippen molar-refractivity contribution in [3.8, 4) is 11.8 Å². The molecule has 0 bridgehead atoms. The highest BCUT2D eigenvalue weighted by Crippen LogP contribution is 2.30. The van der Waals surface area contributed by atoms with Gasteiger partial charge in [0.05, 0.1) is 24.2 Å². The first-order valence-corrected chi connectivity index (χ1v) is 7.52. The second-order valence-corrected chi connectivity index (χ2v) is 5.90. The number of rotatable bonds is 7. The lowest BCUT2D eigenvalue weighted by Gasteiger charge is -2.20. The van der Waals surface area contributed by atoms with Gasteiger partial charge in [-0.1, -0.05) is 6.92 Å². The Balaban J connectivity index is 3.30. The quantitative estimate of drug-likeness (QED) is 0.557. The Hall–Kier alpha value is -2.18. The lowest BCUT2D eigenvalue weighted by Crippen LogP contribution is -2.32. The van der Waals surface area contributed by atoms with Gasteiger partial charge in [-0.25, -0.2) is 8.42 Å². The molecule has 1 rings (SSSR count). The van der Waals surface area contributed by atoms with E-state index in [4.69, 9.17) is 10.00 Å². The normalized spacial score (nSPS) is 11.1. The maximum Gasteiger partial charge on any atom is 0.273 e. The van der Waals surface area contributed by atoms with E-state index in [9.17, 15) is 18.5 Å². The van der Waals surface area contributed by atoms with E-state index in [1.165, 1.54) is 7.11 Å². The Morgan fingerprint density at radius 2 is 2.14 bits per heavy atom. The van der Waals surface area contributed by atoms with Crippen molar-refractivity contribution in [2.75, 3.05) is 20.2 Å². The average molecular weight is 313 g/mol. The summed E-state index contributed by atoms with van der Waals surface area (Å²) in [6.07, 6.45) is 0.0579. The molecular formula is C12H15N3O5S. The van der Waals surface area contributed by atoms with E-state index in [-0.39, 0.29) is 35.8 Å². The van der Waals surface area contributed by atoms with Gasteiger partial charge in [-0.15, -0.1) is 0 Å². The largest absolute Gasteiger partial charge is 0.495 e. The van der Waals surface area contributed by atoms with Gasteiger partial charge in [0.25, 0.3) is 5.69 Å². The second kappa shape index (κ2) is 7.01. The predicted molar refractivity (Wildman–Crippen MR) is 74.3 cm³/mol. The maximum absolute atomic E-state index is 12.5. The summed E-state index contributed by atoms with van der Waals surface area (Å²) in [5, 5.41) is 19.3. The summed E-state index contributed by atoms with van der Waals surface area (Å²) in [6.45, 7) is 1.88. The van der Waals surface area contributed by atoms with Crippen LogP contribution in [0, 0.1) is 21.4 Å². The zero-order valence-electron chi connectivity index (χ0n) is 11.6. The molecule has 0 aliphatic heterocycles. The smallest absolute Gasteiger partial charge is 0.273 e. The highest BCUT2D eigenvalue weighted by Gasteiger charge is 2.27. The zero-order valence-corrected chi connectivity index (χ0v) is 12.5. The summed E-state index contributed by atoms with van der Waals surface area (Å²) in [4.78, 5) is 9.93. The fourth-order valence-electron chi connectivity index (χ4n) is 1.74. The predicted octanol–water partition coefficient (Wildman–Crippen LogP) is 1.53. The van der Waals surface area contributed by atoms with Crippen LogP contribution in [0.1, 0.15) is 13.3 Å². The minimum absolute atomic E-state index is 0.0511. The number of hydrogen-bond donors (Lipinski definition) is 0. The van der Waals surface area contributed by atoms with Crippen LogP contribution in [-0.2, 0) is 10.0 Å². The van der Waals surface area contributed by atoms with E-state index in [0.717, 1.165) is 22.5 Å². The first-order valence-electron chi connectivity index (χ1n) is 6.08. The molecule has 9 heteroatoms. The topological polar surface area (TPSA) is 114 Å². The van der Waals surface area contributed by atoms with E-state index in [1.807, 2.05) is 6.07 Å². The van der Waals surface area contributed by atoms with Crippen molar-refractivity contribution in [3.63, 3.8) is 0 Å². The summed E-state index contributed by atoms with van der Waals surface area (Å²) in [5.74, 6) is -0.0976. The molecule has 0 aliphatic carbocycles. The summed E-state index contributed by atoms with van der Waals surface area (Å²) >= 11 is 0. The van der Waals surface area contributed by atoms with Gasteiger partial charge in [0.15, 0.2) is 0 Å². The van der Waals surface area contributed by atoms with Crippen LogP contribution < -0.4 is 4.74 Å². The van der Waals surface area contributed by atoms with Crippen LogP contribution in [0.4, 0.5) is 5.69 Å². The standard InChI is InChI=1S/C12H15N3O5S/c1-3-14(8-4-7-13)21(18,19)12-6-5-10(15(16)17)9-11(12)20-2/h5-6,9H,3-4,8H2,1-2H3. The van der Waals surface area contributed by atoms with E-state index in [1.54, 1.807) is 6.92 Å². The monoisotopic (exact) mass is 313 g/mol. The minimum atomic E-state index is -3.87. The van der Waals surface area contributed by atoms with Crippen molar-refractivity contribution in [2.45, 2.75) is 18.2 Å². The number of hydrogen-bond acceptors (Lipinski definition) is 6. The van der Waals surface area contributed by atoms with Gasteiger partial charge >= 0.3 is 0 Å². The number of nitro groups is 1. The Morgan fingerprint density at radius 1 is 1.48 bits per heavy atom. The van der Waals surface area contributed by atoms with Crippen LogP contribution in [0.3, 0.4) is 0 Å². The van der Waals surface area contributed by atoms with Crippen molar-refractivity contribution >= 4 is 15.7 Å². The Labute approximate surface area is 122 Å². The van der Waals surface area contributed by atoms with E-state index >= 15 is 0 Å². The van der Waals surface area contributed by atoms with Gasteiger partial charge in [-0.05, 0) is 6.07 Å². The molecule has 0 radical (unpaired) electrons. The van der Waals surface area contributed by atoms with Gasteiger partial charge in [0.2, 0.25) is 10.0 Å². The van der Waals surface area contributed by atoms with Crippen molar-refractivity contribution in [1.29, 1.82) is 5.26 Å². The number of benzene rings is 1. The number of sulfonamides is 1. The number of non-ortho nitro benzene ring substituents is 1. The summed E-state index contributed by atoms with van der Waals surface area (Å²) in [5.41, 5.74) is -0.258. The van der Waals surface area contributed by atoms with E-state index in [2.05, 4.69) is 0 Å². The summed E-state index contributed by atoms with van der Waals surface area (Å²) in [6, 6.07) is 5.19. The van der Waals surface area contributed by atoms with Gasteiger partial charge in [0.1, 0.15) is 10.6 Å². The third-order valence-corrected chi connectivity index (χ3v) is 4.82. The van der Waals surface area contributed by atoms with E-state index in [0.29, 0.717) is 0 Å². The van der Waals surface area contributed by atoms with Gasteiger partial charge < -0.3 is 4.74 Å². The molecule has 0 saturated heterocycles. The molecule has 1 aromatic rings. The minimum Gasteiger partial charge on any atom is -0.495 e. The SMILES string of the molecule is CCN(CCC#N)S(=O)(=O)c1ccc([N+](=O)[O-])cc1OC. The van der Waals surface area contributed by atoms with Crippen molar-refractivity contribution in [1.82, 2.24) is 4.31 Å². The van der Waals surface area contributed by atoms with Crippen LogP contribution in [0.2, 0.25) is 0 Å². The molecule has 1 aromatic carbocycles. The number of nitriles is 1. The van der Waals surface area contributed by atoms with Gasteiger partial charge in [-0.2, -0.15) is 9.57 Å². The molecule has 0 N–H and O–H groups in total. The van der Waals surface area contributed by atoms with Crippen molar-refractivity contribution < 1.29 is 18.1 Å². The maximum atomic E-state index is 12.5. The van der Waals surface area contributed by atoms with Gasteiger partial charge in [-0.3, -0.25) is 10.1 Å². The third kappa shape index (κ3) is 3.68. The summed E-state index contributed by atoms with van der Waals surface area (Å²) in [7, 11) is -2.63. The molecule has 0 unspecified atom stereocenters. The molecule has 0 aliphatic rings. The fraction of sp³-hybridized carbons (Fsp3) is 0.417. The molecule has 8 nitrogen and oxygen atoms in total. The summed E-state index contributed by atoms with van der Waals surface area (Å²) < 4.78 is 31.1. The Morgan fingerprint density at radius 3 is 2.62 bits per heavy atom. The fourth-order valence-corrected chi connectivity index (χ4v) is 3.33. The number of ether oxygens (including phenoxy) is 1. The molecule has 0 aromatic heterocycles. The highest BCUT2D eigenvalue weighted by atomic mass is 32.2. The average Bonchev–Trinajstić information content (AvgIpc) is 2.46. The van der Waals surface area contributed by atoms with Crippen LogP contribution in [-0.4, -0.2) is 37.8 Å². The number of nitrogens with zero attached hydrogens (tertiary/aromatic N) is 3. The molecule has 0 heterocycles. The van der Waals surface area contributed by atoms with Crippen LogP contribution in [0.15, 0.2) is 23.1 Å². The molecule has 0 amide bonds. The molecular weight excluding hydrogens is 298 g/mol. The van der Waals surface area contributed by atoms with Crippen molar-refractivity contribution in [3.05, 3.63) is 28.3 Å². The number of methoxy groups -OCH3 is 1. The molecule has 0 spiro atoms. The molecule has 114 valence electrons. The number of nitro benzene ring substituents is 1. The Bertz CT molecular complexity index is 666. The lowest BCUT2D eigenvalue weighted by molar-refractivity contribution is -0.385. The lowest BCUT2D eigenvalue weighted by atomic mass is 10.3. The molecule has 0 saturated carbocycles. The Kier molecular flexibility index (Phi) is 5.63. The van der Waals surface area contributed by atoms with Crippen LogP contribution in [0.5, 0.6) is 5.75 Å². The molecule has 0 atom stereocenters.